The molecule has 1 rings (SSSR count). The molecule has 0 aliphatic rings. The number of rotatable bonds is 4. The first-order chi connectivity index (χ1) is 8.01. The number of hydrogen-bond acceptors (Lipinski definition) is 5. The Bertz CT molecular complexity index is 405. The van der Waals surface area contributed by atoms with E-state index in [1.54, 1.807) is 19.1 Å². The van der Waals surface area contributed by atoms with Gasteiger partial charge in [-0.05, 0) is 30.2 Å². The minimum absolute atomic E-state index is 0.0525. The van der Waals surface area contributed by atoms with E-state index in [0.29, 0.717) is 11.1 Å². The monoisotopic (exact) mass is 239 g/mol. The molecule has 0 saturated carbocycles. The zero-order valence-electron chi connectivity index (χ0n) is 9.88. The zero-order valence-corrected chi connectivity index (χ0v) is 9.88. The molecule has 4 N–H and O–H groups in total. The Balaban J connectivity index is 3.10. The van der Waals surface area contributed by atoms with Crippen molar-refractivity contribution in [2.45, 2.75) is 19.1 Å². The molecule has 0 heterocycles. The number of ether oxygens (including phenoxy) is 1. The average Bonchev–Trinajstić information content (AvgIpc) is 2.36. The molecule has 0 aliphatic heterocycles. The van der Waals surface area contributed by atoms with E-state index in [2.05, 4.69) is 4.74 Å². The van der Waals surface area contributed by atoms with Crippen molar-refractivity contribution in [3.8, 4) is 0 Å². The number of aliphatic hydroxyl groups is 2. The lowest BCUT2D eigenvalue weighted by Gasteiger charge is -2.19. The molecule has 2 unspecified atom stereocenters. The Morgan fingerprint density at radius 2 is 2.12 bits per heavy atom. The third-order valence-corrected chi connectivity index (χ3v) is 2.62. The van der Waals surface area contributed by atoms with E-state index in [4.69, 9.17) is 5.73 Å². The van der Waals surface area contributed by atoms with E-state index in [9.17, 15) is 15.0 Å². The van der Waals surface area contributed by atoms with E-state index in [1.807, 2.05) is 0 Å². The van der Waals surface area contributed by atoms with Crippen molar-refractivity contribution >= 4 is 5.97 Å². The molecule has 0 bridgehead atoms. The molecular formula is C12H17NO4. The molecule has 5 heteroatoms. The summed E-state index contributed by atoms with van der Waals surface area (Å²) in [6, 6.07) is 4.80. The normalized spacial score (nSPS) is 14.2. The van der Waals surface area contributed by atoms with Crippen LogP contribution in [0.2, 0.25) is 0 Å². The summed E-state index contributed by atoms with van der Waals surface area (Å²) in [4.78, 5) is 11.3. The molecule has 0 aromatic heterocycles. The molecule has 0 spiro atoms. The van der Waals surface area contributed by atoms with Crippen LogP contribution in [-0.4, -0.2) is 35.9 Å². The minimum Gasteiger partial charge on any atom is -0.465 e. The highest BCUT2D eigenvalue weighted by Crippen LogP contribution is 2.22. The largest absolute Gasteiger partial charge is 0.465 e. The molecule has 2 atom stereocenters. The summed E-state index contributed by atoms with van der Waals surface area (Å²) in [7, 11) is 1.28. The van der Waals surface area contributed by atoms with Gasteiger partial charge in [-0.15, -0.1) is 0 Å². The van der Waals surface area contributed by atoms with Gasteiger partial charge in [0.05, 0.1) is 18.8 Å². The Morgan fingerprint density at radius 1 is 1.47 bits per heavy atom. The van der Waals surface area contributed by atoms with Crippen LogP contribution in [0.3, 0.4) is 0 Å². The van der Waals surface area contributed by atoms with Gasteiger partial charge in [-0.3, -0.25) is 0 Å². The third kappa shape index (κ3) is 3.03. The molecule has 0 saturated heterocycles. The number of carbonyl (C=O) groups is 1. The molecule has 5 nitrogen and oxygen atoms in total. The summed E-state index contributed by atoms with van der Waals surface area (Å²) >= 11 is 0. The van der Waals surface area contributed by atoms with Crippen molar-refractivity contribution in [3.05, 3.63) is 34.9 Å². The summed E-state index contributed by atoms with van der Waals surface area (Å²) in [5.41, 5.74) is 6.87. The van der Waals surface area contributed by atoms with E-state index < -0.39 is 18.2 Å². The topological polar surface area (TPSA) is 92.8 Å². The fourth-order valence-corrected chi connectivity index (χ4v) is 1.54. The van der Waals surface area contributed by atoms with Crippen LogP contribution in [0.4, 0.5) is 0 Å². The van der Waals surface area contributed by atoms with Gasteiger partial charge in [-0.1, -0.05) is 6.07 Å². The van der Waals surface area contributed by atoms with E-state index in [0.717, 1.165) is 5.56 Å². The van der Waals surface area contributed by atoms with Gasteiger partial charge in [-0.25, -0.2) is 4.79 Å². The molecule has 94 valence electrons. The summed E-state index contributed by atoms with van der Waals surface area (Å²) in [6.07, 6.45) is -2.16. The third-order valence-electron chi connectivity index (χ3n) is 2.62. The van der Waals surface area contributed by atoms with E-state index >= 15 is 0 Å². The quantitative estimate of drug-likeness (QED) is 0.650. The van der Waals surface area contributed by atoms with Gasteiger partial charge >= 0.3 is 5.97 Å². The van der Waals surface area contributed by atoms with Crippen LogP contribution in [0.5, 0.6) is 0 Å². The standard InChI is InChI=1S/C12H17NO4/c1-7-3-4-8(12(16)17-2)5-9(7)11(15)10(14)6-13/h3-5,10-11,14-15H,6,13H2,1-2H3. The average molecular weight is 239 g/mol. The van der Waals surface area contributed by atoms with Crippen LogP contribution < -0.4 is 5.73 Å². The first-order valence-corrected chi connectivity index (χ1v) is 5.26. The van der Waals surface area contributed by atoms with Gasteiger partial charge in [-0.2, -0.15) is 0 Å². The van der Waals surface area contributed by atoms with Gasteiger partial charge in [0.25, 0.3) is 0 Å². The number of benzene rings is 1. The Kier molecular flexibility index (Phi) is 4.62. The second kappa shape index (κ2) is 5.77. The number of hydrogen-bond donors (Lipinski definition) is 3. The van der Waals surface area contributed by atoms with Crippen molar-refractivity contribution in [3.63, 3.8) is 0 Å². The van der Waals surface area contributed by atoms with Gasteiger partial charge in [0.15, 0.2) is 0 Å². The maximum Gasteiger partial charge on any atom is 0.337 e. The van der Waals surface area contributed by atoms with Crippen LogP contribution in [0.15, 0.2) is 18.2 Å². The predicted molar refractivity (Wildman–Crippen MR) is 62.5 cm³/mol. The van der Waals surface area contributed by atoms with Crippen LogP contribution in [0.25, 0.3) is 0 Å². The van der Waals surface area contributed by atoms with Crippen LogP contribution >= 0.6 is 0 Å². The molecular weight excluding hydrogens is 222 g/mol. The smallest absolute Gasteiger partial charge is 0.337 e. The number of carbonyl (C=O) groups excluding carboxylic acids is 1. The molecule has 1 aromatic carbocycles. The molecule has 0 amide bonds. The van der Waals surface area contributed by atoms with E-state index in [1.165, 1.54) is 13.2 Å². The van der Waals surface area contributed by atoms with Crippen molar-refractivity contribution in [1.29, 1.82) is 0 Å². The number of aliphatic hydroxyl groups excluding tert-OH is 2. The lowest BCUT2D eigenvalue weighted by molar-refractivity contribution is 0.0238. The first-order valence-electron chi connectivity index (χ1n) is 5.26. The van der Waals surface area contributed by atoms with Crippen LogP contribution in [0.1, 0.15) is 27.6 Å². The van der Waals surface area contributed by atoms with Crippen molar-refractivity contribution in [2.75, 3.05) is 13.7 Å². The maximum absolute atomic E-state index is 11.3. The Hall–Kier alpha value is -1.43. The van der Waals surface area contributed by atoms with Gasteiger partial charge in [0.2, 0.25) is 0 Å². The Morgan fingerprint density at radius 3 is 2.65 bits per heavy atom. The molecule has 0 radical (unpaired) electrons. The summed E-state index contributed by atoms with van der Waals surface area (Å²) in [5, 5.41) is 19.4. The first kappa shape index (κ1) is 13.6. The highest BCUT2D eigenvalue weighted by molar-refractivity contribution is 5.89. The van der Waals surface area contributed by atoms with Gasteiger partial charge < -0.3 is 20.7 Å². The van der Waals surface area contributed by atoms with Gasteiger partial charge in [0, 0.05) is 6.54 Å². The van der Waals surface area contributed by atoms with Crippen LogP contribution in [-0.2, 0) is 4.74 Å². The summed E-state index contributed by atoms with van der Waals surface area (Å²) in [5.74, 6) is -0.485. The van der Waals surface area contributed by atoms with Crippen molar-refractivity contribution in [1.82, 2.24) is 0 Å². The number of methoxy groups -OCH3 is 1. The van der Waals surface area contributed by atoms with E-state index in [-0.39, 0.29) is 6.54 Å². The highest BCUT2D eigenvalue weighted by atomic mass is 16.5. The lowest BCUT2D eigenvalue weighted by atomic mass is 9.97. The zero-order chi connectivity index (χ0) is 13.0. The minimum atomic E-state index is -1.11. The maximum atomic E-state index is 11.3. The molecule has 0 fully saturated rings. The van der Waals surface area contributed by atoms with Crippen LogP contribution in [0, 0.1) is 6.92 Å². The van der Waals surface area contributed by atoms with Gasteiger partial charge in [0.1, 0.15) is 6.10 Å². The number of aryl methyl sites for hydroxylation is 1. The molecule has 0 aliphatic carbocycles. The predicted octanol–water partition coefficient (Wildman–Crippen LogP) is 0.135. The number of nitrogens with two attached hydrogens (primary N) is 1. The molecule has 17 heavy (non-hydrogen) atoms. The second-order valence-electron chi connectivity index (χ2n) is 3.81. The Labute approximate surface area is 99.8 Å². The second-order valence-corrected chi connectivity index (χ2v) is 3.81. The molecule has 1 aromatic rings. The fourth-order valence-electron chi connectivity index (χ4n) is 1.54. The van der Waals surface area contributed by atoms with Crippen molar-refractivity contribution in [2.24, 2.45) is 5.73 Å². The van der Waals surface area contributed by atoms with Crippen molar-refractivity contribution < 1.29 is 19.7 Å². The lowest BCUT2D eigenvalue weighted by Crippen LogP contribution is -2.27. The fraction of sp³-hybridized carbons (Fsp3) is 0.417. The highest BCUT2D eigenvalue weighted by Gasteiger charge is 2.20. The summed E-state index contributed by atoms with van der Waals surface area (Å²) < 4.78 is 4.59. The number of esters is 1. The summed E-state index contributed by atoms with van der Waals surface area (Å²) in [6.45, 7) is 1.73. The SMILES string of the molecule is COC(=O)c1ccc(C)c(C(O)C(O)CN)c1.